The summed E-state index contributed by atoms with van der Waals surface area (Å²) in [5.74, 6) is 0.122. The molecule has 0 bridgehead atoms. The van der Waals surface area contributed by atoms with Gasteiger partial charge in [0.25, 0.3) is 0 Å². The molecule has 0 spiro atoms. The van der Waals surface area contributed by atoms with Crippen LogP contribution in [0.2, 0.25) is 0 Å². The van der Waals surface area contributed by atoms with E-state index in [1.807, 2.05) is 0 Å². The van der Waals surface area contributed by atoms with Gasteiger partial charge in [-0.2, -0.15) is 4.98 Å². The zero-order valence-electron chi connectivity index (χ0n) is 12.3. The fraction of sp³-hybridized carbons (Fsp3) is 0.312. The molecule has 0 atom stereocenters. The zero-order valence-corrected chi connectivity index (χ0v) is 13.1. The molecule has 0 radical (unpaired) electrons. The average molecular weight is 331 g/mol. The predicted molar refractivity (Wildman–Crippen MR) is 84.0 cm³/mol. The maximum atomic E-state index is 13.8. The van der Waals surface area contributed by atoms with Gasteiger partial charge in [-0.1, -0.05) is 28.6 Å². The minimum atomic E-state index is -0.398. The molecule has 5 nitrogen and oxygen atoms in total. The lowest BCUT2D eigenvalue weighted by atomic mass is 10.0. The van der Waals surface area contributed by atoms with Crippen LogP contribution in [0.1, 0.15) is 29.3 Å². The van der Waals surface area contributed by atoms with Crippen molar-refractivity contribution in [3.63, 3.8) is 0 Å². The molecular formula is C16H14FN3O2S. The van der Waals surface area contributed by atoms with Crippen molar-refractivity contribution in [2.75, 3.05) is 0 Å². The fourth-order valence-corrected chi connectivity index (χ4v) is 3.97. The molecule has 0 saturated heterocycles. The summed E-state index contributed by atoms with van der Waals surface area (Å²) in [4.78, 5) is 17.6. The number of rotatable bonds is 3. The van der Waals surface area contributed by atoms with Crippen molar-refractivity contribution in [1.29, 1.82) is 0 Å². The van der Waals surface area contributed by atoms with Crippen molar-refractivity contribution in [1.82, 2.24) is 14.7 Å². The number of fused-ring (bicyclic) bond motifs is 1. The number of benzene rings is 1. The van der Waals surface area contributed by atoms with Crippen molar-refractivity contribution < 1.29 is 8.91 Å². The van der Waals surface area contributed by atoms with Gasteiger partial charge in [0.1, 0.15) is 12.4 Å². The highest BCUT2D eigenvalue weighted by Crippen LogP contribution is 2.24. The Balaban J connectivity index is 1.65. The molecule has 3 aromatic rings. The molecule has 7 heteroatoms. The number of hydrogen-bond donors (Lipinski definition) is 0. The first-order valence-corrected chi connectivity index (χ1v) is 8.33. The lowest BCUT2D eigenvalue weighted by Crippen LogP contribution is -2.18. The minimum absolute atomic E-state index is 0.00235. The van der Waals surface area contributed by atoms with Crippen LogP contribution in [0.5, 0.6) is 0 Å². The second-order valence-electron chi connectivity index (χ2n) is 5.52. The van der Waals surface area contributed by atoms with Gasteiger partial charge in [0.2, 0.25) is 11.7 Å². The highest BCUT2D eigenvalue weighted by atomic mass is 32.1. The summed E-state index contributed by atoms with van der Waals surface area (Å²) in [6.07, 6.45) is 4.09. The van der Waals surface area contributed by atoms with Crippen molar-refractivity contribution in [2.45, 2.75) is 32.2 Å². The number of halogens is 1. The Bertz CT molecular complexity index is 912. The summed E-state index contributed by atoms with van der Waals surface area (Å²) in [5.41, 5.74) is 1.37. The molecule has 0 N–H and O–H groups in total. The molecule has 0 fully saturated rings. The summed E-state index contributed by atoms with van der Waals surface area (Å²) in [6, 6.07) is 6.28. The maximum Gasteiger partial charge on any atom is 0.308 e. The van der Waals surface area contributed by atoms with Gasteiger partial charge in [0, 0.05) is 10.6 Å². The van der Waals surface area contributed by atoms with Gasteiger partial charge in [-0.25, -0.2) is 4.39 Å². The number of aromatic nitrogens is 3. The molecule has 23 heavy (non-hydrogen) atoms. The van der Waals surface area contributed by atoms with Gasteiger partial charge in [-0.05, 0) is 37.8 Å². The van der Waals surface area contributed by atoms with Crippen molar-refractivity contribution in [2.24, 2.45) is 0 Å². The number of thiazole rings is 1. The van der Waals surface area contributed by atoms with E-state index in [-0.39, 0.29) is 17.2 Å². The Morgan fingerprint density at radius 1 is 1.26 bits per heavy atom. The first kappa shape index (κ1) is 14.3. The topological polar surface area (TPSA) is 60.9 Å². The molecule has 2 heterocycles. The SMILES string of the molecule is O=c1sc2c(n1Cc1nc(-c3ccccc3F)no1)CCCC2. The van der Waals surface area contributed by atoms with E-state index < -0.39 is 5.82 Å². The molecule has 0 aliphatic heterocycles. The Morgan fingerprint density at radius 3 is 2.96 bits per heavy atom. The standard InChI is InChI=1S/C16H14FN3O2S/c17-11-6-2-1-5-10(11)15-18-14(22-19-15)9-20-12-7-3-4-8-13(12)23-16(20)21/h1-2,5-6H,3-4,7-9H2. The lowest BCUT2D eigenvalue weighted by molar-refractivity contribution is 0.368. The fourth-order valence-electron chi connectivity index (χ4n) is 2.89. The summed E-state index contributed by atoms with van der Waals surface area (Å²) in [5, 5.41) is 3.83. The van der Waals surface area contributed by atoms with E-state index in [9.17, 15) is 9.18 Å². The van der Waals surface area contributed by atoms with Crippen molar-refractivity contribution in [3.8, 4) is 11.4 Å². The lowest BCUT2D eigenvalue weighted by Gasteiger charge is -2.12. The monoisotopic (exact) mass is 331 g/mol. The normalized spacial score (nSPS) is 14.0. The van der Waals surface area contributed by atoms with Gasteiger partial charge in [-0.3, -0.25) is 9.36 Å². The van der Waals surface area contributed by atoms with E-state index in [4.69, 9.17) is 4.52 Å². The van der Waals surface area contributed by atoms with E-state index in [0.29, 0.717) is 11.5 Å². The molecule has 4 rings (SSSR count). The van der Waals surface area contributed by atoms with Crippen LogP contribution in [0.25, 0.3) is 11.4 Å². The minimum Gasteiger partial charge on any atom is -0.337 e. The van der Waals surface area contributed by atoms with E-state index in [1.165, 1.54) is 17.4 Å². The zero-order chi connectivity index (χ0) is 15.8. The van der Waals surface area contributed by atoms with Crippen LogP contribution >= 0.6 is 11.3 Å². The first-order chi connectivity index (χ1) is 11.2. The second-order valence-corrected chi connectivity index (χ2v) is 6.57. The van der Waals surface area contributed by atoms with Gasteiger partial charge in [0.15, 0.2) is 0 Å². The summed E-state index contributed by atoms with van der Waals surface area (Å²) in [6.45, 7) is 0.242. The molecule has 2 aromatic heterocycles. The van der Waals surface area contributed by atoms with Crippen molar-refractivity contribution >= 4 is 11.3 Å². The third-order valence-electron chi connectivity index (χ3n) is 4.02. The van der Waals surface area contributed by atoms with Gasteiger partial charge < -0.3 is 4.52 Å². The number of nitrogens with zero attached hydrogens (tertiary/aromatic N) is 3. The molecular weight excluding hydrogens is 317 g/mol. The highest BCUT2D eigenvalue weighted by molar-refractivity contribution is 7.09. The Labute approximate surface area is 135 Å². The Hall–Kier alpha value is -2.28. The quantitative estimate of drug-likeness (QED) is 0.740. The third kappa shape index (κ3) is 2.61. The summed E-state index contributed by atoms with van der Waals surface area (Å²) in [7, 11) is 0. The highest BCUT2D eigenvalue weighted by Gasteiger charge is 2.20. The van der Waals surface area contributed by atoms with Crippen LogP contribution in [-0.4, -0.2) is 14.7 Å². The van der Waals surface area contributed by atoms with E-state index in [1.54, 1.807) is 22.8 Å². The number of aryl methyl sites for hydroxylation is 1. The Morgan fingerprint density at radius 2 is 2.09 bits per heavy atom. The molecule has 0 amide bonds. The van der Waals surface area contributed by atoms with Gasteiger partial charge in [0.05, 0.1) is 5.56 Å². The molecule has 1 aliphatic carbocycles. The van der Waals surface area contributed by atoms with Crippen LogP contribution in [-0.2, 0) is 19.4 Å². The van der Waals surface area contributed by atoms with Crippen molar-refractivity contribution in [3.05, 3.63) is 56.2 Å². The van der Waals surface area contributed by atoms with Crippen LogP contribution in [0.15, 0.2) is 33.6 Å². The summed E-state index contributed by atoms with van der Waals surface area (Å²) >= 11 is 1.30. The predicted octanol–water partition coefficient (Wildman–Crippen LogP) is 3.03. The third-order valence-corrected chi connectivity index (χ3v) is 5.10. The van der Waals surface area contributed by atoms with Crippen LogP contribution in [0, 0.1) is 5.82 Å². The van der Waals surface area contributed by atoms with E-state index >= 15 is 0 Å². The summed E-state index contributed by atoms with van der Waals surface area (Å²) < 4.78 is 20.7. The van der Waals surface area contributed by atoms with Crippen LogP contribution in [0.3, 0.4) is 0 Å². The van der Waals surface area contributed by atoms with E-state index in [2.05, 4.69) is 10.1 Å². The molecule has 0 unspecified atom stereocenters. The largest absolute Gasteiger partial charge is 0.337 e. The van der Waals surface area contributed by atoms with Gasteiger partial charge in [-0.15, -0.1) is 0 Å². The maximum absolute atomic E-state index is 13.8. The Kier molecular flexibility index (Phi) is 3.57. The van der Waals surface area contributed by atoms with Gasteiger partial charge >= 0.3 is 4.87 Å². The molecule has 118 valence electrons. The molecule has 0 saturated carbocycles. The van der Waals surface area contributed by atoms with Crippen LogP contribution < -0.4 is 4.87 Å². The average Bonchev–Trinajstić information content (AvgIpc) is 3.14. The molecule has 1 aliphatic rings. The second kappa shape index (κ2) is 5.73. The smallest absolute Gasteiger partial charge is 0.308 e. The van der Waals surface area contributed by atoms with E-state index in [0.717, 1.165) is 36.3 Å². The first-order valence-electron chi connectivity index (χ1n) is 7.51. The molecule has 1 aromatic carbocycles. The number of hydrogen-bond acceptors (Lipinski definition) is 5. The van der Waals surface area contributed by atoms with Crippen LogP contribution in [0.4, 0.5) is 4.39 Å².